The van der Waals surface area contributed by atoms with Gasteiger partial charge >= 0.3 is 0 Å². The van der Waals surface area contributed by atoms with Gasteiger partial charge in [0, 0.05) is 16.3 Å². The van der Waals surface area contributed by atoms with E-state index in [2.05, 4.69) is 15.2 Å². The second-order valence-corrected chi connectivity index (χ2v) is 4.45. The molecule has 1 amide bonds. The molecule has 21 heavy (non-hydrogen) atoms. The first kappa shape index (κ1) is 13.0. The van der Waals surface area contributed by atoms with Gasteiger partial charge in [0.25, 0.3) is 5.91 Å². The summed E-state index contributed by atoms with van der Waals surface area (Å²) >= 11 is 0. The van der Waals surface area contributed by atoms with E-state index in [1.807, 2.05) is 24.3 Å². The van der Waals surface area contributed by atoms with E-state index < -0.39 is 11.7 Å². The minimum absolute atomic E-state index is 0.141. The number of rotatable bonds is 2. The zero-order valence-corrected chi connectivity index (χ0v) is 10.9. The molecular weight excluding hydrogens is 271 g/mol. The van der Waals surface area contributed by atoms with Crippen molar-refractivity contribution in [3.8, 4) is 0 Å². The molecule has 0 aliphatic rings. The number of carbonyl (C=O) groups excluding carboxylic acids is 1. The van der Waals surface area contributed by atoms with Gasteiger partial charge in [0.1, 0.15) is 11.6 Å². The maximum atomic E-state index is 13.1. The molecular formula is C15H11FN4O. The van der Waals surface area contributed by atoms with E-state index in [9.17, 15) is 9.18 Å². The second-order valence-electron chi connectivity index (χ2n) is 4.45. The van der Waals surface area contributed by atoms with E-state index in [0.717, 1.165) is 16.8 Å². The van der Waals surface area contributed by atoms with E-state index >= 15 is 0 Å². The second kappa shape index (κ2) is 5.16. The van der Waals surface area contributed by atoms with Crippen LogP contribution in [0.4, 0.5) is 16.0 Å². The molecule has 1 heterocycles. The number of nitrogen functional groups attached to an aromatic ring is 1. The normalized spacial score (nSPS) is 11.3. The third-order valence-electron chi connectivity index (χ3n) is 3.04. The summed E-state index contributed by atoms with van der Waals surface area (Å²) in [4.78, 5) is 14.7. The zero-order valence-electron chi connectivity index (χ0n) is 10.9. The van der Waals surface area contributed by atoms with E-state index in [4.69, 9.17) is 5.73 Å². The Bertz CT molecular complexity index is 854. The standard InChI is InChI=1S/C15H11FN4O/c16-10-5-3-4-9(8-10)15(21)20-19-14-12-7-2-1-6-11(12)13(17)18-14/h1-8,18H,17H2. The fraction of sp³-hybridized carbons (Fsp3) is 0. The lowest BCUT2D eigenvalue weighted by Gasteiger charge is -1.94. The number of azo groups is 1. The van der Waals surface area contributed by atoms with Gasteiger partial charge in [-0.05, 0) is 18.2 Å². The molecule has 0 unspecified atom stereocenters. The van der Waals surface area contributed by atoms with Crippen molar-refractivity contribution in [2.75, 3.05) is 5.73 Å². The van der Waals surface area contributed by atoms with Gasteiger partial charge in [0.05, 0.1) is 0 Å². The Balaban J connectivity index is 1.93. The van der Waals surface area contributed by atoms with Crippen molar-refractivity contribution in [3.63, 3.8) is 0 Å². The molecule has 3 aromatic rings. The third kappa shape index (κ3) is 2.51. The number of hydrogen-bond donors (Lipinski definition) is 2. The molecule has 1 aromatic heterocycles. The molecule has 2 aromatic carbocycles. The highest BCUT2D eigenvalue weighted by Gasteiger charge is 2.08. The molecule has 0 aliphatic heterocycles. The first-order chi connectivity index (χ1) is 10.1. The van der Waals surface area contributed by atoms with Crippen molar-refractivity contribution in [2.45, 2.75) is 0 Å². The third-order valence-corrected chi connectivity index (χ3v) is 3.04. The maximum Gasteiger partial charge on any atom is 0.295 e. The highest BCUT2D eigenvalue weighted by Crippen LogP contribution is 2.30. The number of nitrogens with two attached hydrogens (primary N) is 1. The summed E-state index contributed by atoms with van der Waals surface area (Å²) < 4.78 is 13.1. The molecule has 0 spiro atoms. The van der Waals surface area contributed by atoms with Crippen LogP contribution in [0.5, 0.6) is 0 Å². The zero-order chi connectivity index (χ0) is 14.8. The number of fused-ring (bicyclic) bond motifs is 1. The summed E-state index contributed by atoms with van der Waals surface area (Å²) in [5.74, 6) is -0.261. The number of nitrogens with zero attached hydrogens (tertiary/aromatic N) is 2. The van der Waals surface area contributed by atoms with Crippen LogP contribution in [0.25, 0.3) is 10.8 Å². The summed E-state index contributed by atoms with van der Waals surface area (Å²) in [6.07, 6.45) is 0. The topological polar surface area (TPSA) is 83.6 Å². The molecule has 3 rings (SSSR count). The Morgan fingerprint density at radius 3 is 2.62 bits per heavy atom. The first-order valence-corrected chi connectivity index (χ1v) is 6.23. The number of hydrogen-bond acceptors (Lipinski definition) is 3. The van der Waals surface area contributed by atoms with Crippen LogP contribution >= 0.6 is 0 Å². The van der Waals surface area contributed by atoms with Crippen molar-refractivity contribution in [1.29, 1.82) is 0 Å². The largest absolute Gasteiger partial charge is 0.385 e. The monoisotopic (exact) mass is 282 g/mol. The van der Waals surface area contributed by atoms with E-state index in [-0.39, 0.29) is 5.56 Å². The molecule has 104 valence electrons. The lowest BCUT2D eigenvalue weighted by molar-refractivity contribution is 0.0994. The van der Waals surface area contributed by atoms with Gasteiger partial charge in [0.2, 0.25) is 0 Å². The predicted molar refractivity (Wildman–Crippen MR) is 78.0 cm³/mol. The van der Waals surface area contributed by atoms with Crippen molar-refractivity contribution in [2.24, 2.45) is 10.2 Å². The van der Waals surface area contributed by atoms with Crippen LogP contribution in [0.2, 0.25) is 0 Å². The Kier molecular flexibility index (Phi) is 3.19. The summed E-state index contributed by atoms with van der Waals surface area (Å²) in [6, 6.07) is 12.6. The number of aromatic amines is 1. The van der Waals surface area contributed by atoms with Crippen LogP contribution in [0.1, 0.15) is 10.4 Å². The highest BCUT2D eigenvalue weighted by atomic mass is 19.1. The molecule has 0 radical (unpaired) electrons. The van der Waals surface area contributed by atoms with Crippen molar-refractivity contribution >= 4 is 28.3 Å². The predicted octanol–water partition coefficient (Wildman–Crippen LogP) is 3.81. The molecule has 0 saturated carbocycles. The molecule has 0 fully saturated rings. The van der Waals surface area contributed by atoms with Crippen LogP contribution in [0.3, 0.4) is 0 Å². The fourth-order valence-corrected chi connectivity index (χ4v) is 2.04. The van der Waals surface area contributed by atoms with Gasteiger partial charge in [-0.3, -0.25) is 4.79 Å². The lowest BCUT2D eigenvalue weighted by atomic mass is 10.2. The van der Waals surface area contributed by atoms with Gasteiger partial charge in [-0.25, -0.2) is 4.39 Å². The number of halogens is 1. The average molecular weight is 282 g/mol. The molecule has 0 bridgehead atoms. The van der Waals surface area contributed by atoms with Gasteiger partial charge in [-0.15, -0.1) is 10.2 Å². The van der Waals surface area contributed by atoms with Gasteiger partial charge in [0.15, 0.2) is 5.82 Å². The Labute approximate surface area is 119 Å². The van der Waals surface area contributed by atoms with Gasteiger partial charge in [-0.2, -0.15) is 0 Å². The Morgan fingerprint density at radius 2 is 1.86 bits per heavy atom. The van der Waals surface area contributed by atoms with Crippen LogP contribution < -0.4 is 5.73 Å². The number of benzene rings is 2. The number of amides is 1. The number of H-pyrrole nitrogens is 1. The van der Waals surface area contributed by atoms with Crippen LogP contribution in [0.15, 0.2) is 58.8 Å². The minimum atomic E-state index is -0.619. The fourth-order valence-electron chi connectivity index (χ4n) is 2.04. The minimum Gasteiger partial charge on any atom is -0.385 e. The van der Waals surface area contributed by atoms with Crippen LogP contribution in [0, 0.1) is 5.82 Å². The smallest absolute Gasteiger partial charge is 0.295 e. The van der Waals surface area contributed by atoms with E-state index in [1.54, 1.807) is 0 Å². The molecule has 6 heteroatoms. The van der Waals surface area contributed by atoms with Crippen molar-refractivity contribution in [3.05, 3.63) is 59.9 Å². The summed E-state index contributed by atoms with van der Waals surface area (Å²) in [6.45, 7) is 0. The summed E-state index contributed by atoms with van der Waals surface area (Å²) in [5, 5.41) is 9.06. The maximum absolute atomic E-state index is 13.1. The molecule has 0 atom stereocenters. The van der Waals surface area contributed by atoms with Crippen molar-refractivity contribution in [1.82, 2.24) is 4.98 Å². The Morgan fingerprint density at radius 1 is 1.10 bits per heavy atom. The van der Waals surface area contributed by atoms with Gasteiger partial charge < -0.3 is 10.7 Å². The number of nitrogens with one attached hydrogen (secondary N) is 1. The first-order valence-electron chi connectivity index (χ1n) is 6.23. The van der Waals surface area contributed by atoms with Crippen molar-refractivity contribution < 1.29 is 9.18 Å². The number of aromatic nitrogens is 1. The van der Waals surface area contributed by atoms with Crippen LogP contribution in [-0.2, 0) is 0 Å². The quantitative estimate of drug-likeness (QED) is 0.700. The SMILES string of the molecule is Nc1[nH]c(N=NC(=O)c2cccc(F)c2)c2ccccc12. The van der Waals surface area contributed by atoms with E-state index in [1.165, 1.54) is 18.2 Å². The Hall–Kier alpha value is -3.02. The number of anilines is 1. The summed E-state index contributed by atoms with van der Waals surface area (Å²) in [5.41, 5.74) is 5.96. The van der Waals surface area contributed by atoms with Crippen LogP contribution in [-0.4, -0.2) is 10.9 Å². The molecule has 5 nitrogen and oxygen atoms in total. The van der Waals surface area contributed by atoms with E-state index in [0.29, 0.717) is 11.6 Å². The molecule has 3 N–H and O–H groups in total. The molecule has 0 saturated heterocycles. The number of carbonyl (C=O) groups is 1. The summed E-state index contributed by atoms with van der Waals surface area (Å²) in [7, 11) is 0. The highest BCUT2D eigenvalue weighted by molar-refractivity contribution is 6.00. The van der Waals surface area contributed by atoms with Gasteiger partial charge in [-0.1, -0.05) is 30.3 Å². The average Bonchev–Trinajstić information content (AvgIpc) is 2.82. The molecule has 0 aliphatic carbocycles. The lowest BCUT2D eigenvalue weighted by Crippen LogP contribution is -1.93.